The molecule has 4 nitrogen and oxygen atoms in total. The minimum absolute atomic E-state index is 0.0239. The molecule has 0 fully saturated rings. The van der Waals surface area contributed by atoms with Gasteiger partial charge in [-0.3, -0.25) is 14.5 Å². The summed E-state index contributed by atoms with van der Waals surface area (Å²) in [6.07, 6.45) is 0.337. The van der Waals surface area contributed by atoms with Crippen LogP contribution < -0.4 is 5.73 Å². The summed E-state index contributed by atoms with van der Waals surface area (Å²) in [7, 11) is 0. The van der Waals surface area contributed by atoms with E-state index < -0.39 is 11.8 Å². The molecule has 2 rings (SSSR count). The lowest BCUT2D eigenvalue weighted by Gasteiger charge is -2.14. The number of carbonyl (C=O) groups is 2. The average Bonchev–Trinajstić information content (AvgIpc) is 2.61. The Morgan fingerprint density at radius 1 is 1.24 bits per heavy atom. The molecule has 0 saturated heterocycles. The molecule has 2 N–H and O–H groups in total. The number of benzene rings is 1. The van der Waals surface area contributed by atoms with Crippen molar-refractivity contribution in [1.29, 1.82) is 0 Å². The van der Waals surface area contributed by atoms with Gasteiger partial charge in [0.2, 0.25) is 0 Å². The van der Waals surface area contributed by atoms with E-state index in [1.165, 1.54) is 0 Å². The highest BCUT2D eigenvalue weighted by atomic mass is 19.1. The second-order valence-electron chi connectivity index (χ2n) is 3.71. The number of amides is 2. The molecular formula is C12H11FN2O2. The zero-order chi connectivity index (χ0) is 12.4. The molecule has 88 valence electrons. The molecule has 1 heterocycles. The van der Waals surface area contributed by atoms with Gasteiger partial charge in [0, 0.05) is 6.54 Å². The van der Waals surface area contributed by atoms with E-state index in [0.29, 0.717) is 17.5 Å². The lowest BCUT2D eigenvalue weighted by atomic mass is 10.1. The zero-order valence-electron chi connectivity index (χ0n) is 9.02. The van der Waals surface area contributed by atoms with Crippen LogP contribution in [0.4, 0.5) is 4.39 Å². The molecule has 5 heteroatoms. The quantitative estimate of drug-likeness (QED) is 0.796. The molecule has 0 bridgehead atoms. The molecule has 0 aromatic heterocycles. The standard InChI is InChI=1S/C12H11FN2O2/c13-5-8(6-14)7-15-11(16)9-3-1-2-4-10(9)12(15)17/h1-5H,6-7,14H2. The molecule has 0 atom stereocenters. The maximum atomic E-state index is 12.4. The van der Waals surface area contributed by atoms with E-state index in [4.69, 9.17) is 5.73 Å². The monoisotopic (exact) mass is 234 g/mol. The predicted octanol–water partition coefficient (Wildman–Crippen LogP) is 1.09. The molecule has 1 aromatic rings. The first-order valence-corrected chi connectivity index (χ1v) is 5.12. The Kier molecular flexibility index (Phi) is 3.01. The molecule has 0 saturated carbocycles. The van der Waals surface area contributed by atoms with E-state index >= 15 is 0 Å². The average molecular weight is 234 g/mol. The number of halogens is 1. The number of rotatable bonds is 3. The van der Waals surface area contributed by atoms with Crippen LogP contribution in [0, 0.1) is 0 Å². The molecule has 1 aliphatic heterocycles. The van der Waals surface area contributed by atoms with Crippen LogP contribution in [0.3, 0.4) is 0 Å². The third-order valence-corrected chi connectivity index (χ3v) is 2.66. The lowest BCUT2D eigenvalue weighted by Crippen LogP contribution is -2.33. The summed E-state index contributed by atoms with van der Waals surface area (Å²) in [5.74, 6) is -0.809. The van der Waals surface area contributed by atoms with Crippen molar-refractivity contribution in [1.82, 2.24) is 4.90 Å². The van der Waals surface area contributed by atoms with Gasteiger partial charge in [-0.05, 0) is 17.7 Å². The number of fused-ring (bicyclic) bond motifs is 1. The Morgan fingerprint density at radius 2 is 1.76 bits per heavy atom. The number of hydrogen-bond acceptors (Lipinski definition) is 3. The van der Waals surface area contributed by atoms with Crippen molar-refractivity contribution in [3.05, 3.63) is 47.3 Å². The molecule has 1 aliphatic rings. The van der Waals surface area contributed by atoms with E-state index in [1.54, 1.807) is 24.3 Å². The highest BCUT2D eigenvalue weighted by Crippen LogP contribution is 2.22. The van der Waals surface area contributed by atoms with Gasteiger partial charge in [-0.2, -0.15) is 0 Å². The van der Waals surface area contributed by atoms with Crippen molar-refractivity contribution in [3.8, 4) is 0 Å². The van der Waals surface area contributed by atoms with Crippen LogP contribution in [-0.4, -0.2) is 29.8 Å². The lowest BCUT2D eigenvalue weighted by molar-refractivity contribution is 0.0667. The smallest absolute Gasteiger partial charge is 0.261 e. The third-order valence-electron chi connectivity index (χ3n) is 2.66. The molecule has 0 spiro atoms. The first-order valence-electron chi connectivity index (χ1n) is 5.12. The SMILES string of the molecule is NCC(=CF)CN1C(=O)c2ccccc2C1=O. The fourth-order valence-electron chi connectivity index (χ4n) is 1.73. The molecule has 0 unspecified atom stereocenters. The second-order valence-corrected chi connectivity index (χ2v) is 3.71. The fraction of sp³-hybridized carbons (Fsp3) is 0.167. The summed E-state index contributed by atoms with van der Waals surface area (Å²) in [4.78, 5) is 24.8. The molecule has 17 heavy (non-hydrogen) atoms. The largest absolute Gasteiger partial charge is 0.327 e. The Hall–Kier alpha value is -2.01. The number of nitrogens with two attached hydrogens (primary N) is 1. The van der Waals surface area contributed by atoms with Crippen molar-refractivity contribution in [2.45, 2.75) is 0 Å². The van der Waals surface area contributed by atoms with Gasteiger partial charge < -0.3 is 5.73 Å². The summed E-state index contributed by atoms with van der Waals surface area (Å²) in [6, 6.07) is 6.53. The summed E-state index contributed by atoms with van der Waals surface area (Å²) in [6.45, 7) is -0.122. The van der Waals surface area contributed by atoms with Crippen LogP contribution in [-0.2, 0) is 0 Å². The summed E-state index contributed by atoms with van der Waals surface area (Å²) >= 11 is 0. The van der Waals surface area contributed by atoms with Crippen molar-refractivity contribution >= 4 is 11.8 Å². The van der Waals surface area contributed by atoms with E-state index in [1.807, 2.05) is 0 Å². The fourth-order valence-corrected chi connectivity index (χ4v) is 1.73. The number of hydrogen-bond donors (Lipinski definition) is 1. The van der Waals surface area contributed by atoms with E-state index in [9.17, 15) is 14.0 Å². The van der Waals surface area contributed by atoms with Crippen LogP contribution in [0.5, 0.6) is 0 Å². The summed E-state index contributed by atoms with van der Waals surface area (Å²) in [5, 5.41) is 0. The van der Waals surface area contributed by atoms with Crippen molar-refractivity contribution in [3.63, 3.8) is 0 Å². The maximum absolute atomic E-state index is 12.4. The third kappa shape index (κ3) is 1.85. The molecular weight excluding hydrogens is 223 g/mol. The normalized spacial score (nSPS) is 15.4. The highest BCUT2D eigenvalue weighted by molar-refractivity contribution is 6.21. The topological polar surface area (TPSA) is 63.4 Å². The predicted molar refractivity (Wildman–Crippen MR) is 60.1 cm³/mol. The second kappa shape index (κ2) is 4.47. The number of nitrogens with zero attached hydrogens (tertiary/aromatic N) is 1. The Bertz CT molecular complexity index is 476. The minimum Gasteiger partial charge on any atom is -0.327 e. The number of imide groups is 1. The summed E-state index contributed by atoms with van der Waals surface area (Å²) < 4.78 is 12.4. The van der Waals surface area contributed by atoms with Gasteiger partial charge in [-0.15, -0.1) is 0 Å². The number of carbonyl (C=O) groups excluding carboxylic acids is 2. The van der Waals surface area contributed by atoms with E-state index in [2.05, 4.69) is 0 Å². The molecule has 2 amide bonds. The van der Waals surface area contributed by atoms with Crippen LogP contribution in [0.15, 0.2) is 36.2 Å². The highest BCUT2D eigenvalue weighted by Gasteiger charge is 2.35. The van der Waals surface area contributed by atoms with Crippen LogP contribution in [0.25, 0.3) is 0 Å². The van der Waals surface area contributed by atoms with Crippen molar-refractivity contribution in [2.75, 3.05) is 13.1 Å². The van der Waals surface area contributed by atoms with Gasteiger partial charge in [0.1, 0.15) is 0 Å². The first-order chi connectivity index (χ1) is 8.19. The van der Waals surface area contributed by atoms with Gasteiger partial charge in [0.05, 0.1) is 24.0 Å². The minimum atomic E-state index is -0.404. The Labute approximate surface area is 97.5 Å². The van der Waals surface area contributed by atoms with E-state index in [-0.39, 0.29) is 18.7 Å². The Morgan fingerprint density at radius 3 is 2.18 bits per heavy atom. The van der Waals surface area contributed by atoms with Crippen molar-refractivity contribution in [2.24, 2.45) is 5.73 Å². The first kappa shape index (κ1) is 11.5. The Balaban J connectivity index is 2.30. The van der Waals surface area contributed by atoms with Gasteiger partial charge in [0.25, 0.3) is 11.8 Å². The van der Waals surface area contributed by atoms with Gasteiger partial charge in [0.15, 0.2) is 0 Å². The summed E-state index contributed by atoms with van der Waals surface area (Å²) in [5.41, 5.74) is 6.22. The van der Waals surface area contributed by atoms with Crippen LogP contribution >= 0.6 is 0 Å². The molecule has 0 radical (unpaired) electrons. The zero-order valence-corrected chi connectivity index (χ0v) is 9.02. The van der Waals surface area contributed by atoms with Gasteiger partial charge in [-0.25, -0.2) is 4.39 Å². The van der Waals surface area contributed by atoms with Gasteiger partial charge in [-0.1, -0.05) is 12.1 Å². The van der Waals surface area contributed by atoms with Crippen LogP contribution in [0.1, 0.15) is 20.7 Å². The van der Waals surface area contributed by atoms with Crippen molar-refractivity contribution < 1.29 is 14.0 Å². The van der Waals surface area contributed by atoms with Crippen LogP contribution in [0.2, 0.25) is 0 Å². The maximum Gasteiger partial charge on any atom is 0.261 e. The molecule has 0 aliphatic carbocycles. The van der Waals surface area contributed by atoms with E-state index in [0.717, 1.165) is 4.90 Å². The van der Waals surface area contributed by atoms with Gasteiger partial charge >= 0.3 is 0 Å². The molecule has 1 aromatic carbocycles.